The Kier molecular flexibility index (Phi) is 4.04. The first-order valence-electron chi connectivity index (χ1n) is 4.87. The molecule has 0 aliphatic carbocycles. The Bertz CT molecular complexity index is 299. The van der Waals surface area contributed by atoms with Gasteiger partial charge in [-0.15, -0.1) is 0 Å². The number of halogens is 1. The molecule has 0 amide bonds. The van der Waals surface area contributed by atoms with E-state index in [1.165, 1.54) is 12.1 Å². The van der Waals surface area contributed by atoms with Crippen molar-refractivity contribution in [2.75, 3.05) is 6.54 Å². The lowest BCUT2D eigenvalue weighted by Gasteiger charge is -2.14. The lowest BCUT2D eigenvalue weighted by atomic mass is 9.98. The van der Waals surface area contributed by atoms with Crippen LogP contribution < -0.4 is 11.5 Å². The Hall–Kier alpha value is -0.930. The molecule has 0 heterocycles. The topological polar surface area (TPSA) is 52.0 Å². The highest BCUT2D eigenvalue weighted by Crippen LogP contribution is 2.20. The van der Waals surface area contributed by atoms with E-state index in [1.54, 1.807) is 6.07 Å². The van der Waals surface area contributed by atoms with Crippen LogP contribution in [0.5, 0.6) is 0 Å². The fourth-order valence-electron chi connectivity index (χ4n) is 1.55. The van der Waals surface area contributed by atoms with Gasteiger partial charge in [-0.1, -0.05) is 6.07 Å². The van der Waals surface area contributed by atoms with Gasteiger partial charge in [-0.2, -0.15) is 0 Å². The number of benzene rings is 1. The van der Waals surface area contributed by atoms with Crippen molar-refractivity contribution >= 4 is 0 Å². The van der Waals surface area contributed by atoms with Crippen LogP contribution in [0.3, 0.4) is 0 Å². The third-order valence-electron chi connectivity index (χ3n) is 2.35. The van der Waals surface area contributed by atoms with Gasteiger partial charge in [0.1, 0.15) is 5.82 Å². The largest absolute Gasteiger partial charge is 0.330 e. The van der Waals surface area contributed by atoms with E-state index >= 15 is 0 Å². The second kappa shape index (κ2) is 5.08. The predicted molar refractivity (Wildman–Crippen MR) is 56.4 cm³/mol. The summed E-state index contributed by atoms with van der Waals surface area (Å²) in [4.78, 5) is 0. The van der Waals surface area contributed by atoms with Gasteiger partial charge in [0, 0.05) is 6.04 Å². The summed E-state index contributed by atoms with van der Waals surface area (Å²) in [6.07, 6.45) is 1.75. The number of rotatable bonds is 4. The van der Waals surface area contributed by atoms with E-state index in [0.29, 0.717) is 6.54 Å². The fourth-order valence-corrected chi connectivity index (χ4v) is 1.55. The molecule has 0 saturated heterocycles. The standard InChI is InChI=1S/C11H17FN2/c1-8-7-9(12)4-5-10(8)11(14)3-2-6-13/h4-5,7,11H,2-3,6,13-14H2,1H3/t11-/m1/s1. The van der Waals surface area contributed by atoms with Gasteiger partial charge in [0.2, 0.25) is 0 Å². The van der Waals surface area contributed by atoms with E-state index in [0.717, 1.165) is 24.0 Å². The molecule has 1 rings (SSSR count). The summed E-state index contributed by atoms with van der Waals surface area (Å²) < 4.78 is 12.8. The Morgan fingerprint density at radius 3 is 2.71 bits per heavy atom. The molecular formula is C11H17FN2. The molecule has 1 atom stereocenters. The highest BCUT2D eigenvalue weighted by Gasteiger charge is 2.08. The fraction of sp³-hybridized carbons (Fsp3) is 0.455. The van der Waals surface area contributed by atoms with Gasteiger partial charge < -0.3 is 11.5 Å². The molecule has 3 heteroatoms. The minimum absolute atomic E-state index is 0.0286. The van der Waals surface area contributed by atoms with Crippen LogP contribution in [0.2, 0.25) is 0 Å². The molecule has 4 N–H and O–H groups in total. The first kappa shape index (κ1) is 11.1. The van der Waals surface area contributed by atoms with Gasteiger partial charge in [0.05, 0.1) is 0 Å². The molecule has 0 spiro atoms. The molecule has 1 aromatic rings. The van der Waals surface area contributed by atoms with Crippen molar-refractivity contribution < 1.29 is 4.39 Å². The molecule has 0 unspecified atom stereocenters. The second-order valence-electron chi connectivity index (χ2n) is 3.54. The molecular weight excluding hydrogens is 179 g/mol. The maximum Gasteiger partial charge on any atom is 0.123 e. The monoisotopic (exact) mass is 196 g/mol. The first-order valence-corrected chi connectivity index (χ1v) is 4.87. The normalized spacial score (nSPS) is 12.9. The van der Waals surface area contributed by atoms with Gasteiger partial charge >= 0.3 is 0 Å². The minimum Gasteiger partial charge on any atom is -0.330 e. The van der Waals surface area contributed by atoms with Gasteiger partial charge in [-0.25, -0.2) is 4.39 Å². The first-order chi connectivity index (χ1) is 6.65. The van der Waals surface area contributed by atoms with Crippen molar-refractivity contribution in [2.24, 2.45) is 11.5 Å². The van der Waals surface area contributed by atoms with E-state index in [2.05, 4.69) is 0 Å². The van der Waals surface area contributed by atoms with Crippen LogP contribution in [0.1, 0.15) is 30.0 Å². The van der Waals surface area contributed by atoms with Gasteiger partial charge in [-0.3, -0.25) is 0 Å². The van der Waals surface area contributed by atoms with Crippen molar-refractivity contribution in [1.82, 2.24) is 0 Å². The zero-order valence-electron chi connectivity index (χ0n) is 8.46. The van der Waals surface area contributed by atoms with E-state index in [9.17, 15) is 4.39 Å². The third-order valence-corrected chi connectivity index (χ3v) is 2.35. The average molecular weight is 196 g/mol. The van der Waals surface area contributed by atoms with E-state index in [1.807, 2.05) is 6.92 Å². The van der Waals surface area contributed by atoms with Crippen LogP contribution in [0.25, 0.3) is 0 Å². The summed E-state index contributed by atoms with van der Waals surface area (Å²) in [7, 11) is 0. The number of hydrogen-bond donors (Lipinski definition) is 2. The lowest BCUT2D eigenvalue weighted by molar-refractivity contribution is 0.603. The molecule has 0 saturated carbocycles. The smallest absolute Gasteiger partial charge is 0.123 e. The highest BCUT2D eigenvalue weighted by molar-refractivity contribution is 5.29. The van der Waals surface area contributed by atoms with Crippen LogP contribution in [0.15, 0.2) is 18.2 Å². The molecule has 0 radical (unpaired) electrons. The number of aryl methyl sites for hydroxylation is 1. The zero-order chi connectivity index (χ0) is 10.6. The quantitative estimate of drug-likeness (QED) is 0.772. The van der Waals surface area contributed by atoms with Crippen molar-refractivity contribution in [2.45, 2.75) is 25.8 Å². The maximum atomic E-state index is 12.8. The SMILES string of the molecule is Cc1cc(F)ccc1[C@H](N)CCCN. The Balaban J connectivity index is 2.74. The maximum absolute atomic E-state index is 12.8. The van der Waals surface area contributed by atoms with Crippen LogP contribution in [-0.2, 0) is 0 Å². The Morgan fingerprint density at radius 1 is 1.43 bits per heavy atom. The van der Waals surface area contributed by atoms with Crippen molar-refractivity contribution in [3.8, 4) is 0 Å². The molecule has 0 aliphatic heterocycles. The summed E-state index contributed by atoms with van der Waals surface area (Å²) in [5.41, 5.74) is 13.3. The highest BCUT2D eigenvalue weighted by atomic mass is 19.1. The number of hydrogen-bond acceptors (Lipinski definition) is 2. The molecule has 0 fully saturated rings. The zero-order valence-corrected chi connectivity index (χ0v) is 8.46. The van der Waals surface area contributed by atoms with E-state index < -0.39 is 0 Å². The third kappa shape index (κ3) is 2.79. The molecule has 2 nitrogen and oxygen atoms in total. The van der Waals surface area contributed by atoms with E-state index in [-0.39, 0.29) is 11.9 Å². The lowest BCUT2D eigenvalue weighted by Crippen LogP contribution is -2.13. The molecule has 0 aromatic heterocycles. The van der Waals surface area contributed by atoms with Crippen molar-refractivity contribution in [1.29, 1.82) is 0 Å². The summed E-state index contributed by atoms with van der Waals surface area (Å²) in [6.45, 7) is 2.52. The molecule has 0 aliphatic rings. The average Bonchev–Trinajstić information content (AvgIpc) is 2.14. The van der Waals surface area contributed by atoms with Crippen LogP contribution in [0, 0.1) is 12.7 Å². The van der Waals surface area contributed by atoms with Crippen molar-refractivity contribution in [3.63, 3.8) is 0 Å². The van der Waals surface area contributed by atoms with Gasteiger partial charge in [0.25, 0.3) is 0 Å². The summed E-state index contributed by atoms with van der Waals surface area (Å²) in [5, 5.41) is 0. The summed E-state index contributed by atoms with van der Waals surface area (Å²) in [6, 6.07) is 4.69. The molecule has 1 aromatic carbocycles. The van der Waals surface area contributed by atoms with Crippen LogP contribution in [0.4, 0.5) is 4.39 Å². The second-order valence-corrected chi connectivity index (χ2v) is 3.54. The van der Waals surface area contributed by atoms with Crippen LogP contribution in [-0.4, -0.2) is 6.54 Å². The molecule has 14 heavy (non-hydrogen) atoms. The van der Waals surface area contributed by atoms with Crippen molar-refractivity contribution in [3.05, 3.63) is 35.1 Å². The molecule has 78 valence electrons. The minimum atomic E-state index is -0.211. The summed E-state index contributed by atoms with van der Waals surface area (Å²) in [5.74, 6) is -0.211. The Morgan fingerprint density at radius 2 is 2.14 bits per heavy atom. The van der Waals surface area contributed by atoms with Crippen LogP contribution >= 0.6 is 0 Å². The van der Waals surface area contributed by atoms with E-state index in [4.69, 9.17) is 11.5 Å². The molecule has 0 bridgehead atoms. The number of nitrogens with two attached hydrogens (primary N) is 2. The Labute approximate surface area is 84.1 Å². The summed E-state index contributed by atoms with van der Waals surface area (Å²) >= 11 is 0. The van der Waals surface area contributed by atoms with Gasteiger partial charge in [-0.05, 0) is 49.6 Å². The van der Waals surface area contributed by atoms with Gasteiger partial charge in [0.15, 0.2) is 0 Å². The predicted octanol–water partition coefficient (Wildman–Crippen LogP) is 1.87.